The number of aryl methyl sites for hydroxylation is 2. The number of sulfonamides is 1. The Hall–Kier alpha value is -5.25. The second-order valence-electron chi connectivity index (χ2n) is 13.2. The van der Waals surface area contributed by atoms with Crippen molar-refractivity contribution in [1.82, 2.24) is 0 Å². The molecule has 53 heavy (non-hydrogen) atoms. The molecule has 1 saturated heterocycles. The number of para-hydroxylation sites is 1. The van der Waals surface area contributed by atoms with E-state index in [0.717, 1.165) is 32.6 Å². The van der Waals surface area contributed by atoms with E-state index in [4.69, 9.17) is 13.9 Å². The fourth-order valence-electron chi connectivity index (χ4n) is 6.58. The van der Waals surface area contributed by atoms with Gasteiger partial charge in [-0.3, -0.25) is 19.2 Å². The molecule has 0 saturated carbocycles. The highest BCUT2D eigenvalue weighted by molar-refractivity contribution is 7.93. The molecule has 1 N–H and O–H groups in total. The lowest BCUT2D eigenvalue weighted by molar-refractivity contribution is -0.387. The molecule has 278 valence electrons. The molecule has 0 amide bonds. The summed E-state index contributed by atoms with van der Waals surface area (Å²) in [5.41, 5.74) is 3.21. The normalized spacial score (nSPS) is 15.2. The highest BCUT2D eigenvalue weighted by Crippen LogP contribution is 2.36. The number of esters is 1. The molecule has 1 fully saturated rings. The fraction of sp³-hybridized carbons (Fsp3) is 0.289. The van der Waals surface area contributed by atoms with Crippen molar-refractivity contribution in [2.45, 2.75) is 50.2 Å². The molecule has 5 aromatic rings. The van der Waals surface area contributed by atoms with Gasteiger partial charge >= 0.3 is 5.97 Å². The first kappa shape index (κ1) is 37.5. The predicted octanol–water partition coefficient (Wildman–Crippen LogP) is 6.05. The van der Waals surface area contributed by atoms with Crippen LogP contribution >= 0.6 is 0 Å². The Morgan fingerprint density at radius 2 is 1.70 bits per heavy atom. The third kappa shape index (κ3) is 8.06. The Labute approximate surface area is 306 Å². The van der Waals surface area contributed by atoms with Gasteiger partial charge in [-0.25, -0.2) is 16.8 Å². The minimum atomic E-state index is -4.53. The van der Waals surface area contributed by atoms with Crippen molar-refractivity contribution >= 4 is 48.2 Å². The number of furan rings is 1. The van der Waals surface area contributed by atoms with Crippen LogP contribution in [-0.4, -0.2) is 63.7 Å². The number of carbonyl (C=O) groups excluding carboxylic acids is 1. The predicted molar refractivity (Wildman–Crippen MR) is 198 cm³/mol. The van der Waals surface area contributed by atoms with E-state index in [-0.39, 0.29) is 49.6 Å². The van der Waals surface area contributed by atoms with E-state index in [9.17, 15) is 36.9 Å². The summed E-state index contributed by atoms with van der Waals surface area (Å²) in [4.78, 5) is 22.7. The van der Waals surface area contributed by atoms with E-state index in [0.29, 0.717) is 27.8 Å². The Kier molecular flexibility index (Phi) is 10.4. The summed E-state index contributed by atoms with van der Waals surface area (Å²) in [5.74, 6) is -0.123. The molecule has 13 nitrogen and oxygen atoms in total. The SMILES string of the molecule is COC(=O)Cc1coc2cc(N(Cc3cccc(-c4c(C)cc(OCC5(O)CCS(=O)(=O)CC5)cc4C)c3)S(=O)(=O)c3ccccc3[N+](=O)[O-])ccc12. The number of sulfone groups is 1. The van der Waals surface area contributed by atoms with Gasteiger partial charge in [-0.15, -0.1) is 0 Å². The summed E-state index contributed by atoms with van der Waals surface area (Å²) in [6.45, 7) is 3.57. The van der Waals surface area contributed by atoms with E-state index in [1.165, 1.54) is 37.6 Å². The third-order valence-corrected chi connectivity index (χ3v) is 12.9. The van der Waals surface area contributed by atoms with Crippen molar-refractivity contribution in [2.24, 2.45) is 0 Å². The van der Waals surface area contributed by atoms with Crippen LogP contribution in [0.2, 0.25) is 0 Å². The number of anilines is 1. The summed E-state index contributed by atoms with van der Waals surface area (Å²) >= 11 is 0. The van der Waals surface area contributed by atoms with E-state index in [2.05, 4.69) is 0 Å². The number of ether oxygens (including phenoxy) is 2. The molecule has 1 aromatic heterocycles. The van der Waals surface area contributed by atoms with Gasteiger partial charge in [0.05, 0.1) is 48.5 Å². The molecule has 0 radical (unpaired) electrons. The molecule has 1 aliphatic rings. The number of rotatable bonds is 12. The first-order valence-electron chi connectivity index (χ1n) is 16.7. The lowest BCUT2D eigenvalue weighted by atomic mass is 9.94. The summed E-state index contributed by atoms with van der Waals surface area (Å²) in [7, 11) is -6.41. The summed E-state index contributed by atoms with van der Waals surface area (Å²) in [6.07, 6.45) is 1.57. The second-order valence-corrected chi connectivity index (χ2v) is 17.4. The molecule has 0 atom stereocenters. The number of fused-ring (bicyclic) bond motifs is 1. The van der Waals surface area contributed by atoms with Gasteiger partial charge in [0.1, 0.15) is 23.5 Å². The second kappa shape index (κ2) is 14.6. The van der Waals surface area contributed by atoms with E-state index >= 15 is 0 Å². The van der Waals surface area contributed by atoms with Gasteiger partial charge in [0, 0.05) is 23.1 Å². The van der Waals surface area contributed by atoms with Crippen molar-refractivity contribution in [1.29, 1.82) is 0 Å². The van der Waals surface area contributed by atoms with Gasteiger partial charge in [-0.1, -0.05) is 30.3 Å². The average Bonchev–Trinajstić information content (AvgIpc) is 3.52. The minimum absolute atomic E-state index is 0.0451. The van der Waals surface area contributed by atoms with Gasteiger partial charge in [-0.2, -0.15) is 0 Å². The van der Waals surface area contributed by atoms with E-state index < -0.39 is 46.9 Å². The maximum atomic E-state index is 14.4. The number of nitro benzene ring substituents is 1. The fourth-order valence-corrected chi connectivity index (χ4v) is 9.78. The smallest absolute Gasteiger partial charge is 0.310 e. The number of nitrogens with zero attached hydrogens (tertiary/aromatic N) is 2. The molecule has 15 heteroatoms. The number of nitro groups is 1. The highest BCUT2D eigenvalue weighted by Gasteiger charge is 2.36. The van der Waals surface area contributed by atoms with Crippen molar-refractivity contribution in [3.8, 4) is 16.9 Å². The summed E-state index contributed by atoms with van der Waals surface area (Å²) in [6, 6.07) is 20.8. The zero-order valence-electron chi connectivity index (χ0n) is 29.3. The van der Waals surface area contributed by atoms with Gasteiger partial charge in [0.15, 0.2) is 14.7 Å². The largest absolute Gasteiger partial charge is 0.491 e. The van der Waals surface area contributed by atoms with E-state index in [1.54, 1.807) is 24.3 Å². The van der Waals surface area contributed by atoms with Crippen molar-refractivity contribution < 1.29 is 45.6 Å². The zero-order valence-corrected chi connectivity index (χ0v) is 30.9. The van der Waals surface area contributed by atoms with Gasteiger partial charge in [-0.05, 0) is 90.9 Å². The number of carbonyl (C=O) groups is 1. The number of hydrogen-bond acceptors (Lipinski definition) is 11. The molecule has 1 aliphatic heterocycles. The monoisotopic (exact) mass is 762 g/mol. The maximum absolute atomic E-state index is 14.4. The molecule has 0 spiro atoms. The van der Waals surface area contributed by atoms with Crippen LogP contribution in [0.3, 0.4) is 0 Å². The summed E-state index contributed by atoms with van der Waals surface area (Å²) < 4.78 is 70.0. The molecule has 0 unspecified atom stereocenters. The van der Waals surface area contributed by atoms with Crippen LogP contribution in [0.25, 0.3) is 22.1 Å². The quantitative estimate of drug-likeness (QED) is 0.0886. The number of benzene rings is 4. The van der Waals surface area contributed by atoms with Gasteiger partial charge in [0.2, 0.25) is 0 Å². The van der Waals surface area contributed by atoms with Crippen LogP contribution in [0.5, 0.6) is 5.75 Å². The Morgan fingerprint density at radius 3 is 2.38 bits per heavy atom. The van der Waals surface area contributed by atoms with Gasteiger partial charge in [0.25, 0.3) is 15.7 Å². The molecule has 0 aliphatic carbocycles. The van der Waals surface area contributed by atoms with Crippen molar-refractivity contribution in [3.05, 3.63) is 117 Å². The Balaban J connectivity index is 1.34. The zero-order chi connectivity index (χ0) is 38.1. The topological polar surface area (TPSA) is 184 Å². The van der Waals surface area contributed by atoms with E-state index in [1.807, 2.05) is 38.1 Å². The standard InChI is InChI=1S/C38H38N2O11S2/c1-25-17-31(51-24-38(42)13-15-52(45,46)16-14-38)18-26(2)37(25)28-8-6-7-27(19-28)22-39(53(47,48)35-10-5-4-9-33(35)40(43)44)30-11-12-32-29(20-36(41)49-3)23-50-34(32)21-30/h4-12,17-19,21,23,42H,13-16,20,22,24H2,1-3H3. The van der Waals surface area contributed by atoms with Crippen LogP contribution in [0.15, 0.2) is 94.4 Å². The Morgan fingerprint density at radius 1 is 1.00 bits per heavy atom. The number of methoxy groups -OCH3 is 1. The first-order valence-corrected chi connectivity index (χ1v) is 19.9. The minimum Gasteiger partial charge on any atom is -0.491 e. The average molecular weight is 763 g/mol. The van der Waals surface area contributed by atoms with Crippen LogP contribution < -0.4 is 9.04 Å². The molecule has 6 rings (SSSR count). The highest BCUT2D eigenvalue weighted by atomic mass is 32.2. The summed E-state index contributed by atoms with van der Waals surface area (Å²) in [5, 5.41) is 23.4. The Bertz CT molecular complexity index is 2400. The van der Waals surface area contributed by atoms with Crippen LogP contribution in [0.1, 0.15) is 35.1 Å². The molecular formula is C38H38N2O11S2. The van der Waals surface area contributed by atoms with Crippen molar-refractivity contribution in [2.75, 3.05) is 29.5 Å². The lowest BCUT2D eigenvalue weighted by Gasteiger charge is -2.31. The van der Waals surface area contributed by atoms with Crippen LogP contribution in [0, 0.1) is 24.0 Å². The van der Waals surface area contributed by atoms with Crippen molar-refractivity contribution in [3.63, 3.8) is 0 Å². The molecule has 0 bridgehead atoms. The maximum Gasteiger partial charge on any atom is 0.310 e. The number of aliphatic hydroxyl groups is 1. The first-order chi connectivity index (χ1) is 25.1. The van der Waals surface area contributed by atoms with Crippen LogP contribution in [-0.2, 0) is 42.4 Å². The third-order valence-electron chi connectivity index (χ3n) is 9.43. The molecule has 2 heterocycles. The van der Waals surface area contributed by atoms with Gasteiger partial charge < -0.3 is 19.0 Å². The van der Waals surface area contributed by atoms with Crippen LogP contribution in [0.4, 0.5) is 11.4 Å². The molecular weight excluding hydrogens is 725 g/mol. The number of hydrogen-bond donors (Lipinski definition) is 1. The molecule has 4 aromatic carbocycles. The lowest BCUT2D eigenvalue weighted by Crippen LogP contribution is -2.43.